The van der Waals surface area contributed by atoms with Gasteiger partial charge in [0.25, 0.3) is 0 Å². The molecule has 1 heteroatoms. The molecular formula is C13H14O. The molecule has 0 aliphatic carbocycles. The minimum absolute atomic E-state index is 0.0474. The van der Waals surface area contributed by atoms with E-state index in [0.29, 0.717) is 6.42 Å². The number of Topliss-reactive ketones (excluding diaryl/α,β-unsaturated/α-hetero) is 1. The Labute approximate surface area is 85.1 Å². The van der Waals surface area contributed by atoms with Crippen molar-refractivity contribution in [2.24, 2.45) is 5.92 Å². The van der Waals surface area contributed by atoms with Crippen LogP contribution in [-0.4, -0.2) is 5.78 Å². The van der Waals surface area contributed by atoms with Crippen LogP contribution in [0.15, 0.2) is 30.3 Å². The van der Waals surface area contributed by atoms with Crippen molar-refractivity contribution < 1.29 is 4.79 Å². The summed E-state index contributed by atoms with van der Waals surface area (Å²) in [6.45, 7) is 3.51. The number of carbonyl (C=O) groups is 1. The molecule has 72 valence electrons. The van der Waals surface area contributed by atoms with Crippen molar-refractivity contribution in [1.29, 1.82) is 0 Å². The SMILES string of the molecule is CC(=O)[C@@H](C)CC#Cc1ccccc1. The van der Waals surface area contributed by atoms with Crippen molar-refractivity contribution in [3.63, 3.8) is 0 Å². The third-order valence-electron chi connectivity index (χ3n) is 2.11. The molecule has 0 heterocycles. The van der Waals surface area contributed by atoms with E-state index in [0.717, 1.165) is 5.56 Å². The zero-order valence-electron chi connectivity index (χ0n) is 8.58. The van der Waals surface area contributed by atoms with E-state index in [9.17, 15) is 4.79 Å². The van der Waals surface area contributed by atoms with Gasteiger partial charge in [0.2, 0.25) is 0 Å². The lowest BCUT2D eigenvalue weighted by Gasteiger charge is -1.99. The molecule has 1 atom stereocenters. The Kier molecular flexibility index (Phi) is 3.94. The first kappa shape index (κ1) is 10.5. The van der Waals surface area contributed by atoms with Crippen molar-refractivity contribution in [3.05, 3.63) is 35.9 Å². The van der Waals surface area contributed by atoms with Crippen LogP contribution in [0.4, 0.5) is 0 Å². The monoisotopic (exact) mass is 186 g/mol. The first-order chi connectivity index (χ1) is 6.70. The Bertz CT molecular complexity index is 354. The molecule has 0 radical (unpaired) electrons. The maximum atomic E-state index is 10.9. The summed E-state index contributed by atoms with van der Waals surface area (Å²) >= 11 is 0. The zero-order valence-corrected chi connectivity index (χ0v) is 8.58. The minimum Gasteiger partial charge on any atom is -0.300 e. The van der Waals surface area contributed by atoms with Crippen molar-refractivity contribution in [3.8, 4) is 11.8 Å². The topological polar surface area (TPSA) is 17.1 Å². The third kappa shape index (κ3) is 3.45. The average Bonchev–Trinajstić information content (AvgIpc) is 2.19. The second-order valence-corrected chi connectivity index (χ2v) is 3.38. The summed E-state index contributed by atoms with van der Waals surface area (Å²) in [6, 6.07) is 9.80. The molecule has 1 aromatic rings. The molecule has 1 rings (SSSR count). The van der Waals surface area contributed by atoms with Gasteiger partial charge in [-0.1, -0.05) is 37.0 Å². The quantitative estimate of drug-likeness (QED) is 0.649. The van der Waals surface area contributed by atoms with Crippen molar-refractivity contribution in [1.82, 2.24) is 0 Å². The van der Waals surface area contributed by atoms with Crippen LogP contribution in [0.1, 0.15) is 25.8 Å². The normalized spacial score (nSPS) is 11.3. The largest absolute Gasteiger partial charge is 0.300 e. The number of rotatable bonds is 2. The molecule has 1 aromatic carbocycles. The first-order valence-corrected chi connectivity index (χ1v) is 4.74. The highest BCUT2D eigenvalue weighted by Crippen LogP contribution is 2.02. The molecule has 0 saturated heterocycles. The Morgan fingerprint density at radius 3 is 2.57 bits per heavy atom. The highest BCUT2D eigenvalue weighted by Gasteiger charge is 2.03. The van der Waals surface area contributed by atoms with E-state index in [1.54, 1.807) is 6.92 Å². The molecule has 0 saturated carbocycles. The number of hydrogen-bond donors (Lipinski definition) is 0. The summed E-state index contributed by atoms with van der Waals surface area (Å²) < 4.78 is 0. The Balaban J connectivity index is 2.53. The van der Waals surface area contributed by atoms with Crippen LogP contribution in [0, 0.1) is 17.8 Å². The van der Waals surface area contributed by atoms with E-state index >= 15 is 0 Å². The molecular weight excluding hydrogens is 172 g/mol. The van der Waals surface area contributed by atoms with E-state index in [1.165, 1.54) is 0 Å². The lowest BCUT2D eigenvalue weighted by Crippen LogP contribution is -2.04. The van der Waals surface area contributed by atoms with E-state index in [4.69, 9.17) is 0 Å². The highest BCUT2D eigenvalue weighted by molar-refractivity contribution is 5.78. The predicted octanol–water partition coefficient (Wildman–Crippen LogP) is 2.65. The molecule has 0 aliphatic heterocycles. The third-order valence-corrected chi connectivity index (χ3v) is 2.11. The smallest absolute Gasteiger partial charge is 0.133 e. The van der Waals surface area contributed by atoms with Gasteiger partial charge in [-0.25, -0.2) is 0 Å². The summed E-state index contributed by atoms with van der Waals surface area (Å²) in [5.74, 6) is 6.29. The van der Waals surface area contributed by atoms with Crippen LogP contribution in [0.25, 0.3) is 0 Å². The number of carbonyl (C=O) groups excluding carboxylic acids is 1. The van der Waals surface area contributed by atoms with Gasteiger partial charge >= 0.3 is 0 Å². The van der Waals surface area contributed by atoms with E-state index in [2.05, 4.69) is 11.8 Å². The van der Waals surface area contributed by atoms with Gasteiger partial charge in [0.15, 0.2) is 0 Å². The number of benzene rings is 1. The van der Waals surface area contributed by atoms with Crippen LogP contribution in [0.2, 0.25) is 0 Å². The molecule has 0 spiro atoms. The fourth-order valence-electron chi connectivity index (χ4n) is 0.971. The predicted molar refractivity (Wildman–Crippen MR) is 57.8 cm³/mol. The van der Waals surface area contributed by atoms with Gasteiger partial charge in [-0.05, 0) is 19.1 Å². The van der Waals surface area contributed by atoms with E-state index in [-0.39, 0.29) is 11.7 Å². The summed E-state index contributed by atoms with van der Waals surface area (Å²) in [5, 5.41) is 0. The van der Waals surface area contributed by atoms with Gasteiger partial charge in [0.05, 0.1) is 0 Å². The van der Waals surface area contributed by atoms with Crippen molar-refractivity contribution in [2.75, 3.05) is 0 Å². The van der Waals surface area contributed by atoms with Crippen LogP contribution >= 0.6 is 0 Å². The van der Waals surface area contributed by atoms with Crippen LogP contribution < -0.4 is 0 Å². The van der Waals surface area contributed by atoms with Gasteiger partial charge in [-0.3, -0.25) is 4.79 Å². The fourth-order valence-corrected chi connectivity index (χ4v) is 0.971. The molecule has 0 fully saturated rings. The van der Waals surface area contributed by atoms with Crippen LogP contribution in [0.5, 0.6) is 0 Å². The summed E-state index contributed by atoms with van der Waals surface area (Å²) in [6.07, 6.45) is 0.643. The fraction of sp³-hybridized carbons (Fsp3) is 0.308. The van der Waals surface area contributed by atoms with Gasteiger partial charge in [-0.15, -0.1) is 0 Å². The average molecular weight is 186 g/mol. The lowest BCUT2D eigenvalue weighted by molar-refractivity contribution is -0.120. The molecule has 0 aromatic heterocycles. The van der Waals surface area contributed by atoms with Crippen LogP contribution in [-0.2, 0) is 4.79 Å². The Morgan fingerprint density at radius 1 is 1.36 bits per heavy atom. The molecule has 14 heavy (non-hydrogen) atoms. The minimum atomic E-state index is 0.0474. The summed E-state index contributed by atoms with van der Waals surface area (Å²) in [4.78, 5) is 10.9. The molecule has 0 unspecified atom stereocenters. The van der Waals surface area contributed by atoms with Gasteiger partial charge < -0.3 is 0 Å². The second kappa shape index (κ2) is 5.24. The standard InChI is InChI=1S/C13H14O/c1-11(12(2)14)7-6-10-13-8-4-3-5-9-13/h3-5,8-9,11H,7H2,1-2H3/t11-/m0/s1. The molecule has 0 N–H and O–H groups in total. The summed E-state index contributed by atoms with van der Waals surface area (Å²) in [7, 11) is 0. The molecule has 0 bridgehead atoms. The second-order valence-electron chi connectivity index (χ2n) is 3.38. The zero-order chi connectivity index (χ0) is 10.4. The van der Waals surface area contributed by atoms with E-state index in [1.807, 2.05) is 37.3 Å². The molecule has 1 nitrogen and oxygen atoms in total. The van der Waals surface area contributed by atoms with Crippen molar-refractivity contribution >= 4 is 5.78 Å². The highest BCUT2D eigenvalue weighted by atomic mass is 16.1. The van der Waals surface area contributed by atoms with Crippen molar-refractivity contribution in [2.45, 2.75) is 20.3 Å². The number of ketones is 1. The van der Waals surface area contributed by atoms with Gasteiger partial charge in [-0.2, -0.15) is 0 Å². The van der Waals surface area contributed by atoms with Gasteiger partial charge in [0, 0.05) is 17.9 Å². The maximum Gasteiger partial charge on any atom is 0.133 e. The number of hydrogen-bond acceptors (Lipinski definition) is 1. The molecule has 0 aliphatic rings. The summed E-state index contributed by atoms with van der Waals surface area (Å²) in [5.41, 5.74) is 1.00. The maximum absolute atomic E-state index is 10.9. The molecule has 0 amide bonds. The Hall–Kier alpha value is -1.55. The van der Waals surface area contributed by atoms with E-state index < -0.39 is 0 Å². The Morgan fingerprint density at radius 2 is 2.00 bits per heavy atom. The lowest BCUT2D eigenvalue weighted by atomic mass is 10.0. The van der Waals surface area contributed by atoms with Gasteiger partial charge in [0.1, 0.15) is 5.78 Å². The van der Waals surface area contributed by atoms with Crippen LogP contribution in [0.3, 0.4) is 0 Å². The first-order valence-electron chi connectivity index (χ1n) is 4.74.